The molecule has 1 unspecified atom stereocenters. The number of hydrogen-bond donors (Lipinski definition) is 0. The van der Waals surface area contributed by atoms with Crippen molar-refractivity contribution in [3.8, 4) is 6.07 Å². The minimum atomic E-state index is -0.245. The molecule has 4 heteroatoms. The van der Waals surface area contributed by atoms with E-state index < -0.39 is 0 Å². The van der Waals surface area contributed by atoms with Crippen molar-refractivity contribution in [3.05, 3.63) is 0 Å². The van der Waals surface area contributed by atoms with Crippen LogP contribution < -0.4 is 0 Å². The van der Waals surface area contributed by atoms with E-state index in [9.17, 15) is 5.26 Å². The van der Waals surface area contributed by atoms with Crippen LogP contribution in [0.15, 0.2) is 0 Å². The average Bonchev–Trinajstić information content (AvgIpc) is 2.34. The Kier molecular flexibility index (Phi) is 4.55. The standard InChI is InChI=1S/C18H30NP3/c1-15(2,3)13-20-18(17(7,8)9)12(10-19)11-22(13)14(21-18)16(4,5)6/h12H,11H2,1-9H3. The van der Waals surface area contributed by atoms with E-state index in [1.165, 1.54) is 16.4 Å². The Morgan fingerprint density at radius 2 is 1.36 bits per heavy atom. The molecule has 2 bridgehead atoms. The number of hydrogen-bond acceptors (Lipinski definition) is 1. The van der Waals surface area contributed by atoms with E-state index in [0.29, 0.717) is 0 Å². The Bertz CT molecular complexity index is 541. The average molecular weight is 353 g/mol. The van der Waals surface area contributed by atoms with Gasteiger partial charge in [0, 0.05) is 0 Å². The zero-order chi connectivity index (χ0) is 17.1. The van der Waals surface area contributed by atoms with E-state index in [2.05, 4.69) is 68.4 Å². The molecule has 0 N–H and O–H groups in total. The molecule has 3 aliphatic heterocycles. The van der Waals surface area contributed by atoms with Gasteiger partial charge >= 0.3 is 0 Å². The number of rotatable bonds is 0. The number of nitrogens with zero attached hydrogens (tertiary/aromatic N) is 1. The molecule has 3 rings (SSSR count). The molecule has 3 aliphatic rings. The summed E-state index contributed by atoms with van der Waals surface area (Å²) in [6, 6.07) is 2.70. The van der Waals surface area contributed by atoms with E-state index in [1.807, 2.05) is 0 Å². The highest BCUT2D eigenvalue weighted by molar-refractivity contribution is 8.06. The zero-order valence-electron chi connectivity index (χ0n) is 15.6. The van der Waals surface area contributed by atoms with Gasteiger partial charge in [0.1, 0.15) is 0 Å². The molecule has 0 aromatic rings. The van der Waals surface area contributed by atoms with Crippen LogP contribution in [0.25, 0.3) is 0 Å². The van der Waals surface area contributed by atoms with Crippen LogP contribution in [0.4, 0.5) is 0 Å². The summed E-state index contributed by atoms with van der Waals surface area (Å²) < 4.78 is 0. The maximum atomic E-state index is 9.85. The van der Waals surface area contributed by atoms with Crippen LogP contribution in [0.1, 0.15) is 62.3 Å². The summed E-state index contributed by atoms with van der Waals surface area (Å²) in [5, 5.41) is 13.3. The minimum Gasteiger partial charge on any atom is -0.198 e. The van der Waals surface area contributed by atoms with Crippen molar-refractivity contribution in [2.24, 2.45) is 22.2 Å². The van der Waals surface area contributed by atoms with Crippen LogP contribution in [-0.4, -0.2) is 21.1 Å². The van der Waals surface area contributed by atoms with Crippen molar-refractivity contribution in [1.82, 2.24) is 0 Å². The Hall–Kier alpha value is 0.260. The van der Waals surface area contributed by atoms with E-state index in [4.69, 9.17) is 0 Å². The summed E-state index contributed by atoms with van der Waals surface area (Å²) in [6.45, 7) is 21.2. The summed E-state index contributed by atoms with van der Waals surface area (Å²) >= 11 is 0. The van der Waals surface area contributed by atoms with E-state index in [0.717, 1.165) is 6.16 Å². The molecule has 0 spiro atoms. The van der Waals surface area contributed by atoms with Gasteiger partial charge < -0.3 is 0 Å². The van der Waals surface area contributed by atoms with E-state index >= 15 is 0 Å². The molecule has 0 aromatic heterocycles. The predicted octanol–water partition coefficient (Wildman–Crippen LogP) is 6.62. The first-order valence-corrected chi connectivity index (χ1v) is 11.4. The van der Waals surface area contributed by atoms with Gasteiger partial charge in [0.05, 0.1) is 16.9 Å². The summed E-state index contributed by atoms with van der Waals surface area (Å²) in [6.07, 6.45) is 1.10. The van der Waals surface area contributed by atoms with Gasteiger partial charge in [0.2, 0.25) is 0 Å². The van der Waals surface area contributed by atoms with Gasteiger partial charge in [-0.15, -0.1) is 0 Å². The lowest BCUT2D eigenvalue weighted by Crippen LogP contribution is -2.49. The van der Waals surface area contributed by atoms with Crippen molar-refractivity contribution >= 4 is 34.4 Å². The lowest BCUT2D eigenvalue weighted by Gasteiger charge is -2.55. The molecule has 0 saturated carbocycles. The molecular formula is C18H30NP3. The minimum absolute atomic E-state index is 0.0735. The summed E-state index contributed by atoms with van der Waals surface area (Å²) in [5.41, 5.74) is 0.638. The Morgan fingerprint density at radius 3 is 1.64 bits per heavy atom. The molecule has 0 radical (unpaired) electrons. The molecule has 1 atom stereocenters. The third kappa shape index (κ3) is 2.86. The van der Waals surface area contributed by atoms with E-state index in [-0.39, 0.29) is 35.0 Å². The summed E-state index contributed by atoms with van der Waals surface area (Å²) in [4.78, 5) is 0.0735. The highest BCUT2D eigenvalue weighted by Crippen LogP contribution is 2.73. The van der Waals surface area contributed by atoms with Gasteiger partial charge in [-0.3, -0.25) is 0 Å². The van der Waals surface area contributed by atoms with Crippen molar-refractivity contribution in [2.75, 3.05) is 6.16 Å². The lowest BCUT2D eigenvalue weighted by molar-refractivity contribution is 0.324. The maximum Gasteiger partial charge on any atom is 0.0752 e. The lowest BCUT2D eigenvalue weighted by atomic mass is 9.84. The second kappa shape index (κ2) is 5.38. The van der Waals surface area contributed by atoms with Gasteiger partial charge in [0.15, 0.2) is 0 Å². The summed E-state index contributed by atoms with van der Waals surface area (Å²) in [7, 11) is 2.69. The second-order valence-electron chi connectivity index (χ2n) is 9.64. The molecule has 0 aromatic carbocycles. The topological polar surface area (TPSA) is 23.8 Å². The van der Waals surface area contributed by atoms with Crippen LogP contribution in [0.2, 0.25) is 0 Å². The molecule has 1 nitrogen and oxygen atoms in total. The molecule has 0 fully saturated rings. The molecule has 0 aliphatic carbocycles. The van der Waals surface area contributed by atoms with Gasteiger partial charge in [-0.25, -0.2) is 0 Å². The summed E-state index contributed by atoms with van der Waals surface area (Å²) in [5.74, 6) is 0.208. The molecule has 3 heterocycles. The van der Waals surface area contributed by atoms with E-state index in [1.54, 1.807) is 10.1 Å². The normalized spacial score (nSPS) is 33.8. The van der Waals surface area contributed by atoms with Gasteiger partial charge in [-0.2, -0.15) is 5.26 Å². The Labute approximate surface area is 141 Å². The van der Waals surface area contributed by atoms with Crippen molar-refractivity contribution < 1.29 is 0 Å². The monoisotopic (exact) mass is 353 g/mol. The Balaban J connectivity index is 2.77. The fraction of sp³-hybridized carbons (Fsp3) is 0.833. The quantitative estimate of drug-likeness (QED) is 0.449. The smallest absolute Gasteiger partial charge is 0.0752 e. The molecule has 122 valence electrons. The van der Waals surface area contributed by atoms with Crippen LogP contribution in [-0.2, 0) is 0 Å². The highest BCUT2D eigenvalue weighted by atomic mass is 31.2. The molecule has 0 saturated heterocycles. The first kappa shape index (κ1) is 18.6. The van der Waals surface area contributed by atoms with Crippen molar-refractivity contribution in [3.63, 3.8) is 0 Å². The first-order chi connectivity index (χ1) is 9.74. The van der Waals surface area contributed by atoms with Crippen molar-refractivity contribution in [1.29, 1.82) is 5.26 Å². The largest absolute Gasteiger partial charge is 0.198 e. The van der Waals surface area contributed by atoms with Crippen LogP contribution >= 0.6 is 24.3 Å². The van der Waals surface area contributed by atoms with Gasteiger partial charge in [-0.1, -0.05) is 78.7 Å². The fourth-order valence-electron chi connectivity index (χ4n) is 3.34. The van der Waals surface area contributed by atoms with Crippen LogP contribution in [0.5, 0.6) is 0 Å². The molecule has 22 heavy (non-hydrogen) atoms. The van der Waals surface area contributed by atoms with Crippen molar-refractivity contribution in [2.45, 2.75) is 67.2 Å². The van der Waals surface area contributed by atoms with Gasteiger partial charge in [0.25, 0.3) is 0 Å². The SMILES string of the molecule is CC(C)(C)C1=PC2(C(C)(C)C)P=C(C(C)(C)C)P1CC2C#N. The van der Waals surface area contributed by atoms with Gasteiger partial charge in [-0.05, 0) is 40.4 Å². The third-order valence-corrected chi connectivity index (χ3v) is 14.7. The molecule has 0 amide bonds. The first-order valence-electron chi connectivity index (χ1n) is 8.12. The number of nitriles is 1. The highest BCUT2D eigenvalue weighted by Gasteiger charge is 2.57. The predicted molar refractivity (Wildman–Crippen MR) is 106 cm³/mol. The fourth-order valence-corrected chi connectivity index (χ4v) is 13.6. The second-order valence-corrected chi connectivity index (χ2v) is 15.6. The van der Waals surface area contributed by atoms with Crippen LogP contribution in [0.3, 0.4) is 0 Å². The maximum absolute atomic E-state index is 9.85. The Morgan fingerprint density at radius 1 is 0.955 bits per heavy atom. The third-order valence-electron chi connectivity index (χ3n) is 4.52. The number of fused-ring (bicyclic) bond motifs is 1. The molecular weight excluding hydrogens is 323 g/mol. The van der Waals surface area contributed by atoms with Crippen LogP contribution in [0, 0.1) is 33.5 Å². The zero-order valence-corrected chi connectivity index (χ0v) is 18.3.